The molecule has 0 aliphatic heterocycles. The van der Waals surface area contributed by atoms with Crippen molar-refractivity contribution in [3.8, 4) is 0 Å². The van der Waals surface area contributed by atoms with Crippen LogP contribution in [0.15, 0.2) is 48.9 Å². The predicted molar refractivity (Wildman–Crippen MR) is 86.2 cm³/mol. The second-order valence-corrected chi connectivity index (χ2v) is 5.17. The Balaban J connectivity index is 1.72. The van der Waals surface area contributed by atoms with E-state index in [1.54, 1.807) is 0 Å². The number of hydrogen-bond donors (Lipinski definition) is 1. The lowest BCUT2D eigenvalue weighted by molar-refractivity contribution is 0.646. The van der Waals surface area contributed by atoms with Crippen molar-refractivity contribution in [2.24, 2.45) is 0 Å². The minimum absolute atomic E-state index is 0.725. The average Bonchev–Trinajstić information content (AvgIpc) is 2.94. The zero-order valence-corrected chi connectivity index (χ0v) is 12.3. The molecule has 2 heterocycles. The molecule has 21 heavy (non-hydrogen) atoms. The Morgan fingerprint density at radius 2 is 2.10 bits per heavy atom. The van der Waals surface area contributed by atoms with E-state index in [0.717, 1.165) is 30.0 Å². The number of aryl methyl sites for hydroxylation is 1. The van der Waals surface area contributed by atoms with E-state index in [1.807, 2.05) is 30.7 Å². The molecule has 1 N–H and O–H groups in total. The average molecular weight is 280 g/mol. The van der Waals surface area contributed by atoms with Crippen LogP contribution in [0.5, 0.6) is 0 Å². The Morgan fingerprint density at radius 3 is 2.90 bits per heavy atom. The molecule has 0 atom stereocenters. The number of benzene rings is 1. The molecule has 3 aromatic rings. The van der Waals surface area contributed by atoms with Gasteiger partial charge in [0.2, 0.25) is 0 Å². The molecule has 2 aromatic heterocycles. The molecule has 0 radical (unpaired) electrons. The second-order valence-electron chi connectivity index (χ2n) is 5.17. The first-order chi connectivity index (χ1) is 10.4. The summed E-state index contributed by atoms with van der Waals surface area (Å²) in [6.45, 7) is 3.97. The zero-order valence-electron chi connectivity index (χ0n) is 12.3. The largest absolute Gasteiger partial charge is 0.379 e. The number of nitrogens with one attached hydrogen (secondary N) is 1. The molecule has 0 saturated heterocycles. The van der Waals surface area contributed by atoms with E-state index in [-0.39, 0.29) is 0 Å². The molecule has 3 rings (SSSR count). The minimum atomic E-state index is 0.725. The molecule has 0 bridgehead atoms. The van der Waals surface area contributed by atoms with Gasteiger partial charge in [-0.05, 0) is 36.8 Å². The van der Waals surface area contributed by atoms with Gasteiger partial charge in [0.15, 0.2) is 0 Å². The van der Waals surface area contributed by atoms with Gasteiger partial charge in [-0.1, -0.05) is 19.4 Å². The summed E-state index contributed by atoms with van der Waals surface area (Å²) >= 11 is 0. The normalized spacial score (nSPS) is 10.9. The molecule has 0 spiro atoms. The van der Waals surface area contributed by atoms with Crippen LogP contribution in [0.3, 0.4) is 0 Å². The van der Waals surface area contributed by atoms with E-state index in [0.29, 0.717) is 0 Å². The van der Waals surface area contributed by atoms with E-state index in [4.69, 9.17) is 0 Å². The summed E-state index contributed by atoms with van der Waals surface area (Å²) in [7, 11) is 0. The fraction of sp³-hybridized carbons (Fsp3) is 0.294. The summed E-state index contributed by atoms with van der Waals surface area (Å²) in [5, 5.41) is 3.39. The Kier molecular flexibility index (Phi) is 4.15. The fourth-order valence-corrected chi connectivity index (χ4v) is 2.38. The maximum absolute atomic E-state index is 4.49. The van der Waals surface area contributed by atoms with Gasteiger partial charge in [-0.2, -0.15) is 0 Å². The lowest BCUT2D eigenvalue weighted by atomic mass is 10.2. The van der Waals surface area contributed by atoms with Crippen molar-refractivity contribution in [3.05, 3.63) is 54.6 Å². The Hall–Kier alpha value is -2.36. The number of imidazole rings is 1. The van der Waals surface area contributed by atoms with Gasteiger partial charge in [0.1, 0.15) is 0 Å². The topological polar surface area (TPSA) is 42.7 Å². The molecule has 0 aliphatic rings. The molecule has 0 aliphatic carbocycles. The first-order valence-corrected chi connectivity index (χ1v) is 7.45. The van der Waals surface area contributed by atoms with Gasteiger partial charge >= 0.3 is 0 Å². The monoisotopic (exact) mass is 280 g/mol. The van der Waals surface area contributed by atoms with Crippen LogP contribution in [0.1, 0.15) is 25.5 Å². The van der Waals surface area contributed by atoms with E-state index >= 15 is 0 Å². The summed E-state index contributed by atoms with van der Waals surface area (Å²) in [6.07, 6.45) is 6.13. The number of rotatable bonds is 6. The second kappa shape index (κ2) is 6.39. The summed E-state index contributed by atoms with van der Waals surface area (Å²) in [6, 6.07) is 12.3. The quantitative estimate of drug-likeness (QED) is 0.746. The summed E-state index contributed by atoms with van der Waals surface area (Å²) in [5.41, 5.74) is 4.35. The molecular weight excluding hydrogens is 260 g/mol. The molecular formula is C17H20N4. The zero-order chi connectivity index (χ0) is 14.5. The van der Waals surface area contributed by atoms with Crippen LogP contribution in [-0.2, 0) is 13.1 Å². The predicted octanol–water partition coefficient (Wildman–Crippen LogP) is 3.84. The number of fused-ring (bicyclic) bond motifs is 1. The molecule has 0 saturated carbocycles. The summed E-state index contributed by atoms with van der Waals surface area (Å²) < 4.78 is 2.22. The maximum Gasteiger partial charge on any atom is 0.0958 e. The fourth-order valence-electron chi connectivity index (χ4n) is 2.38. The van der Waals surface area contributed by atoms with Crippen LogP contribution < -0.4 is 5.32 Å². The Labute approximate surface area is 124 Å². The van der Waals surface area contributed by atoms with E-state index in [9.17, 15) is 0 Å². The first kappa shape index (κ1) is 13.6. The lowest BCUT2D eigenvalue weighted by Crippen LogP contribution is -2.01. The molecule has 4 nitrogen and oxygen atoms in total. The molecule has 108 valence electrons. The molecule has 4 heteroatoms. The van der Waals surface area contributed by atoms with Crippen molar-refractivity contribution < 1.29 is 0 Å². The van der Waals surface area contributed by atoms with Crippen LogP contribution in [0, 0.1) is 0 Å². The van der Waals surface area contributed by atoms with E-state index in [1.165, 1.54) is 18.4 Å². The summed E-state index contributed by atoms with van der Waals surface area (Å²) in [5.74, 6) is 0. The van der Waals surface area contributed by atoms with Crippen LogP contribution in [0.2, 0.25) is 0 Å². The minimum Gasteiger partial charge on any atom is -0.379 e. The van der Waals surface area contributed by atoms with Crippen LogP contribution in [0.25, 0.3) is 11.0 Å². The van der Waals surface area contributed by atoms with Crippen molar-refractivity contribution >= 4 is 16.7 Å². The highest BCUT2D eigenvalue weighted by molar-refractivity contribution is 5.79. The van der Waals surface area contributed by atoms with Crippen LogP contribution in [-0.4, -0.2) is 14.5 Å². The third-order valence-electron chi connectivity index (χ3n) is 3.57. The molecule has 1 aromatic carbocycles. The number of unbranched alkanes of at least 4 members (excludes halogenated alkanes) is 1. The molecule has 0 amide bonds. The highest BCUT2D eigenvalue weighted by Gasteiger charge is 2.03. The maximum atomic E-state index is 4.49. The van der Waals surface area contributed by atoms with Crippen molar-refractivity contribution in [2.75, 3.05) is 5.32 Å². The smallest absolute Gasteiger partial charge is 0.0958 e. The third kappa shape index (κ3) is 3.21. The van der Waals surface area contributed by atoms with Crippen molar-refractivity contribution in [1.82, 2.24) is 14.5 Å². The van der Waals surface area contributed by atoms with Crippen LogP contribution in [0.4, 0.5) is 5.69 Å². The summed E-state index contributed by atoms with van der Waals surface area (Å²) in [4.78, 5) is 8.81. The number of nitrogens with zero attached hydrogens (tertiary/aromatic N) is 3. The molecule has 0 unspecified atom stereocenters. The van der Waals surface area contributed by atoms with Gasteiger partial charge in [0.25, 0.3) is 0 Å². The van der Waals surface area contributed by atoms with E-state index in [2.05, 4.69) is 45.0 Å². The Morgan fingerprint density at radius 1 is 1.14 bits per heavy atom. The van der Waals surface area contributed by atoms with Gasteiger partial charge < -0.3 is 9.88 Å². The van der Waals surface area contributed by atoms with Gasteiger partial charge in [-0.3, -0.25) is 4.98 Å². The van der Waals surface area contributed by atoms with Crippen molar-refractivity contribution in [2.45, 2.75) is 32.9 Å². The molecule has 0 fully saturated rings. The lowest BCUT2D eigenvalue weighted by Gasteiger charge is -2.07. The van der Waals surface area contributed by atoms with Crippen molar-refractivity contribution in [3.63, 3.8) is 0 Å². The number of hydrogen-bond acceptors (Lipinski definition) is 3. The standard InChI is InChI=1S/C17H20N4/c1-2-3-10-21-13-20-16-11-14(7-8-17(16)21)19-12-15-6-4-5-9-18-15/h4-9,11,13,19H,2-3,10,12H2,1H3. The van der Waals surface area contributed by atoms with Gasteiger partial charge in [-0.25, -0.2) is 4.98 Å². The van der Waals surface area contributed by atoms with Gasteiger partial charge in [-0.15, -0.1) is 0 Å². The number of aromatic nitrogens is 3. The Bertz CT molecular complexity index is 703. The SMILES string of the molecule is CCCCn1cnc2cc(NCc3ccccn3)ccc21. The first-order valence-electron chi connectivity index (χ1n) is 7.45. The highest BCUT2D eigenvalue weighted by atomic mass is 15.0. The number of pyridine rings is 1. The third-order valence-corrected chi connectivity index (χ3v) is 3.57. The van der Waals surface area contributed by atoms with Gasteiger partial charge in [0.05, 0.1) is 29.6 Å². The van der Waals surface area contributed by atoms with Crippen molar-refractivity contribution in [1.29, 1.82) is 0 Å². The number of anilines is 1. The van der Waals surface area contributed by atoms with Gasteiger partial charge in [0, 0.05) is 18.4 Å². The van der Waals surface area contributed by atoms with Crippen LogP contribution >= 0.6 is 0 Å². The van der Waals surface area contributed by atoms with E-state index < -0.39 is 0 Å². The highest BCUT2D eigenvalue weighted by Crippen LogP contribution is 2.19.